The van der Waals surface area contributed by atoms with Gasteiger partial charge in [-0.15, -0.1) is 0 Å². The second-order valence-electron chi connectivity index (χ2n) is 9.43. The number of aromatic hydroxyl groups is 1. The SMILES string of the molecule is CO[C@H]1CC[C@]2(CC1)OCC(C)(C)c1c2c2c(O)cccc2n1-c1ccc(F)c(F)c1. The van der Waals surface area contributed by atoms with E-state index in [1.165, 1.54) is 6.07 Å². The van der Waals surface area contributed by atoms with Crippen LogP contribution in [-0.2, 0) is 20.5 Å². The molecule has 0 unspecified atom stereocenters. The van der Waals surface area contributed by atoms with E-state index < -0.39 is 22.7 Å². The number of phenolic OH excluding ortho intramolecular Hbond substituents is 1. The van der Waals surface area contributed by atoms with Crippen LogP contribution in [0.5, 0.6) is 5.75 Å². The van der Waals surface area contributed by atoms with Gasteiger partial charge in [-0.25, -0.2) is 8.78 Å². The summed E-state index contributed by atoms with van der Waals surface area (Å²) in [4.78, 5) is 0. The molecule has 4 nitrogen and oxygen atoms in total. The van der Waals surface area contributed by atoms with E-state index in [1.54, 1.807) is 25.3 Å². The van der Waals surface area contributed by atoms with Crippen LogP contribution in [-0.4, -0.2) is 29.5 Å². The van der Waals surface area contributed by atoms with Gasteiger partial charge >= 0.3 is 0 Å². The van der Waals surface area contributed by atoms with Crippen LogP contribution in [0.2, 0.25) is 0 Å². The van der Waals surface area contributed by atoms with Gasteiger partial charge < -0.3 is 19.1 Å². The number of nitrogens with zero attached hydrogens (tertiary/aromatic N) is 1. The first-order valence-electron chi connectivity index (χ1n) is 10.8. The van der Waals surface area contributed by atoms with Crippen LogP contribution in [0.3, 0.4) is 0 Å². The van der Waals surface area contributed by atoms with Crippen molar-refractivity contribution < 1.29 is 23.4 Å². The van der Waals surface area contributed by atoms with Gasteiger partial charge in [0.25, 0.3) is 0 Å². The predicted octanol–water partition coefficient (Wildman–Crippen LogP) is 5.71. The zero-order chi connectivity index (χ0) is 22.0. The largest absolute Gasteiger partial charge is 0.507 e. The summed E-state index contributed by atoms with van der Waals surface area (Å²) in [5.41, 5.74) is 2.32. The monoisotopic (exact) mass is 427 g/mol. The normalized spacial score (nSPS) is 25.1. The first-order valence-corrected chi connectivity index (χ1v) is 10.8. The number of aromatic nitrogens is 1. The number of halogens is 2. The fraction of sp³-hybridized carbons (Fsp3) is 0.440. The number of methoxy groups -OCH3 is 1. The van der Waals surface area contributed by atoms with Crippen LogP contribution < -0.4 is 0 Å². The van der Waals surface area contributed by atoms with E-state index in [0.717, 1.165) is 53.9 Å². The van der Waals surface area contributed by atoms with Crippen molar-refractivity contribution in [2.45, 2.75) is 56.7 Å². The molecule has 2 aromatic carbocycles. The number of benzene rings is 2. The lowest BCUT2D eigenvalue weighted by atomic mass is 9.71. The molecule has 1 aliphatic heterocycles. The van der Waals surface area contributed by atoms with E-state index in [2.05, 4.69) is 13.8 Å². The quantitative estimate of drug-likeness (QED) is 0.570. The minimum absolute atomic E-state index is 0.171. The van der Waals surface area contributed by atoms with Crippen LogP contribution >= 0.6 is 0 Å². The number of fused-ring (bicyclic) bond motifs is 4. The topological polar surface area (TPSA) is 43.6 Å². The first kappa shape index (κ1) is 20.5. The van der Waals surface area contributed by atoms with E-state index >= 15 is 0 Å². The van der Waals surface area contributed by atoms with Gasteiger partial charge in [-0.1, -0.05) is 19.9 Å². The smallest absolute Gasteiger partial charge is 0.160 e. The van der Waals surface area contributed by atoms with Crippen molar-refractivity contribution >= 4 is 10.9 Å². The summed E-state index contributed by atoms with van der Waals surface area (Å²) in [7, 11) is 1.74. The molecule has 0 amide bonds. The van der Waals surface area contributed by atoms with Crippen molar-refractivity contribution in [1.82, 2.24) is 4.57 Å². The van der Waals surface area contributed by atoms with Gasteiger partial charge in [-0.05, 0) is 49.9 Å². The lowest BCUT2D eigenvalue weighted by Gasteiger charge is -2.47. The predicted molar refractivity (Wildman–Crippen MR) is 115 cm³/mol. The number of hydrogen-bond donors (Lipinski definition) is 1. The summed E-state index contributed by atoms with van der Waals surface area (Å²) < 4.78 is 42.1. The number of rotatable bonds is 2. The second-order valence-corrected chi connectivity index (χ2v) is 9.43. The molecule has 3 aromatic rings. The van der Waals surface area contributed by atoms with Gasteiger partial charge in [0.15, 0.2) is 11.6 Å². The third-order valence-electron chi connectivity index (χ3n) is 7.01. The molecule has 0 atom stereocenters. The molecule has 1 aromatic heterocycles. The van der Waals surface area contributed by atoms with E-state index in [0.29, 0.717) is 12.3 Å². The maximum Gasteiger partial charge on any atom is 0.160 e. The minimum Gasteiger partial charge on any atom is -0.507 e. The van der Waals surface area contributed by atoms with Gasteiger partial charge in [0.2, 0.25) is 0 Å². The first-order chi connectivity index (χ1) is 14.8. The maximum atomic E-state index is 14.2. The average Bonchev–Trinajstić information content (AvgIpc) is 3.13. The molecule has 2 aliphatic rings. The Morgan fingerprint density at radius 3 is 2.52 bits per heavy atom. The Bertz CT molecular complexity index is 1160. The van der Waals surface area contributed by atoms with Crippen molar-refractivity contribution in [3.8, 4) is 11.4 Å². The molecule has 6 heteroatoms. The summed E-state index contributed by atoms with van der Waals surface area (Å²) in [5, 5.41) is 11.7. The molecule has 1 N–H and O–H groups in total. The Morgan fingerprint density at radius 1 is 1.10 bits per heavy atom. The molecule has 31 heavy (non-hydrogen) atoms. The van der Waals surface area contributed by atoms with Gasteiger partial charge in [0.1, 0.15) is 5.75 Å². The Labute approximate surface area is 180 Å². The molecule has 2 heterocycles. The lowest BCUT2D eigenvalue weighted by Crippen LogP contribution is -2.46. The highest BCUT2D eigenvalue weighted by Gasteiger charge is 2.50. The molecule has 0 bridgehead atoms. The summed E-state index contributed by atoms with van der Waals surface area (Å²) in [6.45, 7) is 4.68. The van der Waals surface area contributed by atoms with Gasteiger partial charge in [-0.2, -0.15) is 0 Å². The molecule has 1 aliphatic carbocycles. The highest BCUT2D eigenvalue weighted by atomic mass is 19.2. The summed E-state index contributed by atoms with van der Waals surface area (Å²) in [5.74, 6) is -1.60. The van der Waals surface area contributed by atoms with Crippen LogP contribution in [0.1, 0.15) is 50.8 Å². The number of hydrogen-bond acceptors (Lipinski definition) is 3. The second kappa shape index (κ2) is 7.04. The molecule has 0 saturated heterocycles. The summed E-state index contributed by atoms with van der Waals surface area (Å²) >= 11 is 0. The molecule has 1 fully saturated rings. The van der Waals surface area contributed by atoms with E-state index in [9.17, 15) is 13.9 Å². The van der Waals surface area contributed by atoms with Crippen molar-refractivity contribution in [1.29, 1.82) is 0 Å². The highest BCUT2D eigenvalue weighted by molar-refractivity contribution is 5.94. The van der Waals surface area contributed by atoms with Crippen molar-refractivity contribution in [3.05, 3.63) is 59.3 Å². The Morgan fingerprint density at radius 2 is 1.84 bits per heavy atom. The van der Waals surface area contributed by atoms with E-state index in [-0.39, 0.29) is 11.9 Å². The van der Waals surface area contributed by atoms with Crippen LogP contribution in [0.25, 0.3) is 16.6 Å². The molecule has 164 valence electrons. The summed E-state index contributed by atoms with van der Waals surface area (Å²) in [6, 6.07) is 9.33. The van der Waals surface area contributed by atoms with Crippen LogP contribution in [0.15, 0.2) is 36.4 Å². The highest BCUT2D eigenvalue weighted by Crippen LogP contribution is 2.54. The van der Waals surface area contributed by atoms with E-state index in [4.69, 9.17) is 9.47 Å². The van der Waals surface area contributed by atoms with Crippen molar-refractivity contribution in [2.75, 3.05) is 13.7 Å². The molecule has 1 spiro atoms. The van der Waals surface area contributed by atoms with Crippen molar-refractivity contribution in [3.63, 3.8) is 0 Å². The van der Waals surface area contributed by atoms with Gasteiger partial charge in [-0.3, -0.25) is 0 Å². The van der Waals surface area contributed by atoms with Crippen LogP contribution in [0.4, 0.5) is 8.78 Å². The van der Waals surface area contributed by atoms with Crippen molar-refractivity contribution in [2.24, 2.45) is 0 Å². The molecule has 1 saturated carbocycles. The van der Waals surface area contributed by atoms with E-state index in [1.807, 2.05) is 10.6 Å². The van der Waals surface area contributed by atoms with Gasteiger partial charge in [0.05, 0.1) is 23.8 Å². The fourth-order valence-corrected chi connectivity index (χ4v) is 5.45. The average molecular weight is 427 g/mol. The molecular weight excluding hydrogens is 400 g/mol. The number of phenols is 1. The minimum atomic E-state index is -0.895. The van der Waals surface area contributed by atoms with Crippen LogP contribution in [0, 0.1) is 11.6 Å². The zero-order valence-electron chi connectivity index (χ0n) is 18.0. The standard InChI is InChI=1S/C25H27F2NO3/c1-24(2)14-31-25(11-9-16(30-3)10-12-25)22-21-19(5-4-6-20(21)29)28(23(22)24)15-7-8-17(26)18(27)13-15/h4-8,13,16,29H,9-12,14H2,1-3H3/t16-,25+. The van der Waals surface area contributed by atoms with Gasteiger partial charge in [0, 0.05) is 40.9 Å². The molecular formula is C25H27F2NO3. The third kappa shape index (κ3) is 2.99. The number of ether oxygens (including phenoxy) is 2. The fourth-order valence-electron chi connectivity index (χ4n) is 5.45. The Kier molecular flexibility index (Phi) is 4.65. The third-order valence-corrected chi connectivity index (χ3v) is 7.01. The Balaban J connectivity index is 1.85. The Hall–Kier alpha value is -2.44. The molecule has 5 rings (SSSR count). The molecule has 0 radical (unpaired) electrons. The lowest BCUT2D eigenvalue weighted by molar-refractivity contribution is -0.123. The maximum absolute atomic E-state index is 14.2. The zero-order valence-corrected chi connectivity index (χ0v) is 18.0. The summed E-state index contributed by atoms with van der Waals surface area (Å²) in [6.07, 6.45) is 3.48.